The minimum Gasteiger partial charge on any atom is -0.356 e. The first-order chi connectivity index (χ1) is 10.2. The van der Waals surface area contributed by atoms with Crippen molar-refractivity contribution in [3.63, 3.8) is 0 Å². The lowest BCUT2D eigenvalue weighted by atomic mass is 10.2. The van der Waals surface area contributed by atoms with E-state index in [0.717, 1.165) is 35.5 Å². The summed E-state index contributed by atoms with van der Waals surface area (Å²) in [6.07, 6.45) is 1.53. The third-order valence-corrected chi connectivity index (χ3v) is 4.09. The summed E-state index contributed by atoms with van der Waals surface area (Å²) in [5.41, 5.74) is 1.11. The lowest BCUT2D eigenvalue weighted by Gasteiger charge is -2.19. The van der Waals surface area contributed by atoms with Crippen molar-refractivity contribution in [2.24, 2.45) is 4.99 Å². The van der Waals surface area contributed by atoms with Crippen LogP contribution in [0.2, 0.25) is 0 Å². The van der Waals surface area contributed by atoms with Crippen LogP contribution in [-0.2, 0) is 11.3 Å². The second-order valence-corrected chi connectivity index (χ2v) is 5.88. The van der Waals surface area contributed by atoms with Crippen LogP contribution in [-0.4, -0.2) is 43.4 Å². The molecule has 0 bridgehead atoms. The molecule has 0 atom stereocenters. The van der Waals surface area contributed by atoms with Crippen molar-refractivity contribution in [3.8, 4) is 0 Å². The molecular formula is C15H21BrN4O. The van der Waals surface area contributed by atoms with Gasteiger partial charge in [0, 0.05) is 44.1 Å². The second kappa shape index (κ2) is 8.02. The maximum atomic E-state index is 12.1. The van der Waals surface area contributed by atoms with Gasteiger partial charge in [-0.15, -0.1) is 0 Å². The van der Waals surface area contributed by atoms with Gasteiger partial charge in [0.15, 0.2) is 5.96 Å². The first-order valence-electron chi connectivity index (χ1n) is 7.16. The Kier molecular flexibility index (Phi) is 6.04. The van der Waals surface area contributed by atoms with Gasteiger partial charge in [-0.3, -0.25) is 9.79 Å². The first-order valence-corrected chi connectivity index (χ1v) is 7.95. The highest BCUT2D eigenvalue weighted by Gasteiger charge is 2.11. The van der Waals surface area contributed by atoms with Crippen molar-refractivity contribution in [2.75, 3.05) is 26.7 Å². The van der Waals surface area contributed by atoms with E-state index in [1.165, 1.54) is 0 Å². The molecular weight excluding hydrogens is 332 g/mol. The van der Waals surface area contributed by atoms with Crippen LogP contribution in [0.15, 0.2) is 33.7 Å². The number of amides is 1. The summed E-state index contributed by atoms with van der Waals surface area (Å²) in [5, 5.41) is 6.34. The number of hydrogen-bond donors (Lipinski definition) is 2. The maximum Gasteiger partial charge on any atom is 0.224 e. The third-order valence-electron chi connectivity index (χ3n) is 3.32. The van der Waals surface area contributed by atoms with Gasteiger partial charge in [0.05, 0.1) is 0 Å². The fourth-order valence-corrected chi connectivity index (χ4v) is 2.51. The summed E-state index contributed by atoms with van der Waals surface area (Å²) in [7, 11) is 1.83. The van der Waals surface area contributed by atoms with Crippen molar-refractivity contribution < 1.29 is 4.79 Å². The normalized spacial score (nSPS) is 14.1. The Morgan fingerprint density at radius 3 is 3.00 bits per heavy atom. The average Bonchev–Trinajstić information content (AvgIpc) is 2.50. The zero-order chi connectivity index (χ0) is 15.1. The number of aliphatic imine (C=N–C) groups is 1. The van der Waals surface area contributed by atoms with Crippen molar-refractivity contribution in [1.82, 2.24) is 15.5 Å². The van der Waals surface area contributed by atoms with Gasteiger partial charge in [-0.05, 0) is 18.1 Å². The summed E-state index contributed by atoms with van der Waals surface area (Å²) in [6.45, 7) is 3.01. The minimum absolute atomic E-state index is 0.120. The van der Waals surface area contributed by atoms with Gasteiger partial charge in [-0.2, -0.15) is 0 Å². The van der Waals surface area contributed by atoms with E-state index in [0.29, 0.717) is 19.5 Å². The molecule has 0 unspecified atom stereocenters. The number of nitrogens with zero attached hydrogens (tertiary/aromatic N) is 2. The van der Waals surface area contributed by atoms with Gasteiger partial charge < -0.3 is 15.5 Å². The molecule has 2 N–H and O–H groups in total. The maximum absolute atomic E-state index is 12.1. The summed E-state index contributed by atoms with van der Waals surface area (Å²) in [4.78, 5) is 18.2. The van der Waals surface area contributed by atoms with Crippen LogP contribution in [0.4, 0.5) is 0 Å². The van der Waals surface area contributed by atoms with E-state index in [9.17, 15) is 4.79 Å². The van der Waals surface area contributed by atoms with Gasteiger partial charge in [0.1, 0.15) is 0 Å². The monoisotopic (exact) mass is 352 g/mol. The van der Waals surface area contributed by atoms with Gasteiger partial charge in [-0.1, -0.05) is 34.1 Å². The molecule has 1 aliphatic rings. The largest absolute Gasteiger partial charge is 0.356 e. The second-order valence-electron chi connectivity index (χ2n) is 5.03. The highest BCUT2D eigenvalue weighted by molar-refractivity contribution is 9.10. The molecule has 5 nitrogen and oxygen atoms in total. The molecule has 1 heterocycles. The van der Waals surface area contributed by atoms with E-state index in [-0.39, 0.29) is 5.91 Å². The highest BCUT2D eigenvalue weighted by atomic mass is 79.9. The fourth-order valence-electron chi connectivity index (χ4n) is 2.10. The predicted molar refractivity (Wildman–Crippen MR) is 88.2 cm³/mol. The molecule has 1 amide bonds. The number of benzene rings is 1. The molecule has 0 fully saturated rings. The van der Waals surface area contributed by atoms with Gasteiger partial charge in [0.25, 0.3) is 0 Å². The van der Waals surface area contributed by atoms with Crippen molar-refractivity contribution in [3.05, 3.63) is 34.3 Å². The van der Waals surface area contributed by atoms with E-state index >= 15 is 0 Å². The van der Waals surface area contributed by atoms with E-state index in [1.54, 1.807) is 4.90 Å². The molecule has 1 aromatic carbocycles. The number of halogens is 1. The summed E-state index contributed by atoms with van der Waals surface area (Å²) >= 11 is 3.50. The summed E-state index contributed by atoms with van der Waals surface area (Å²) < 4.78 is 1.03. The molecule has 0 aromatic heterocycles. The van der Waals surface area contributed by atoms with Gasteiger partial charge >= 0.3 is 0 Å². The lowest BCUT2D eigenvalue weighted by molar-refractivity contribution is -0.130. The average molecular weight is 353 g/mol. The van der Waals surface area contributed by atoms with E-state index in [2.05, 4.69) is 31.6 Å². The van der Waals surface area contributed by atoms with Crippen LogP contribution < -0.4 is 10.6 Å². The zero-order valence-corrected chi connectivity index (χ0v) is 13.8. The van der Waals surface area contributed by atoms with Crippen LogP contribution in [0.3, 0.4) is 0 Å². The molecule has 21 heavy (non-hydrogen) atoms. The van der Waals surface area contributed by atoms with Crippen LogP contribution in [0.5, 0.6) is 0 Å². The zero-order valence-electron chi connectivity index (χ0n) is 12.2. The summed E-state index contributed by atoms with van der Waals surface area (Å²) in [5.74, 6) is 0.928. The number of nitrogens with one attached hydrogen (secondary N) is 2. The number of carbonyl (C=O) groups is 1. The Balaban J connectivity index is 1.75. The Hall–Kier alpha value is -1.56. The van der Waals surface area contributed by atoms with E-state index in [4.69, 9.17) is 0 Å². The Morgan fingerprint density at radius 2 is 2.29 bits per heavy atom. The van der Waals surface area contributed by atoms with Crippen LogP contribution in [0, 0.1) is 0 Å². The number of hydrogen-bond acceptors (Lipinski definition) is 4. The summed E-state index contributed by atoms with van der Waals surface area (Å²) in [6, 6.07) is 7.96. The van der Waals surface area contributed by atoms with E-state index in [1.807, 2.05) is 31.3 Å². The molecule has 0 radical (unpaired) electrons. The number of guanidine groups is 1. The molecule has 0 spiro atoms. The van der Waals surface area contributed by atoms with Crippen LogP contribution in [0.1, 0.15) is 18.4 Å². The molecule has 1 aliphatic heterocycles. The molecule has 114 valence electrons. The van der Waals surface area contributed by atoms with Crippen molar-refractivity contribution >= 4 is 27.8 Å². The lowest BCUT2D eigenvalue weighted by Crippen LogP contribution is -2.42. The van der Waals surface area contributed by atoms with Crippen LogP contribution in [0.25, 0.3) is 0 Å². The van der Waals surface area contributed by atoms with Crippen molar-refractivity contribution in [1.29, 1.82) is 0 Å². The number of rotatable bonds is 5. The molecule has 6 heteroatoms. The Morgan fingerprint density at radius 1 is 1.48 bits per heavy atom. The predicted octanol–water partition coefficient (Wildman–Crippen LogP) is 1.74. The number of carbonyl (C=O) groups excluding carboxylic acids is 1. The standard InChI is InChI=1S/C15H21BrN4O/c1-20(11-12-5-2-3-6-13(12)16)14(21)7-10-19-15-17-8-4-9-18-15/h2-3,5-6H,4,7-11H2,1H3,(H2,17,18,19). The van der Waals surface area contributed by atoms with Crippen molar-refractivity contribution in [2.45, 2.75) is 19.4 Å². The molecule has 0 saturated heterocycles. The first kappa shape index (κ1) is 15.8. The van der Waals surface area contributed by atoms with Gasteiger partial charge in [0.2, 0.25) is 5.91 Å². The third kappa shape index (κ3) is 5.04. The molecule has 2 rings (SSSR count). The molecule has 0 aliphatic carbocycles. The smallest absolute Gasteiger partial charge is 0.224 e. The fraction of sp³-hybridized carbons (Fsp3) is 0.467. The minimum atomic E-state index is 0.120. The quantitative estimate of drug-likeness (QED) is 0.848. The molecule has 0 saturated carbocycles. The van der Waals surface area contributed by atoms with Gasteiger partial charge in [-0.25, -0.2) is 0 Å². The highest BCUT2D eigenvalue weighted by Crippen LogP contribution is 2.17. The topological polar surface area (TPSA) is 56.7 Å². The SMILES string of the molecule is CN(Cc1ccccc1Br)C(=O)CCNC1=NCCCN1. The Bertz CT molecular complexity index is 518. The molecule has 1 aromatic rings. The Labute approximate surface area is 133 Å². The van der Waals surface area contributed by atoms with E-state index < -0.39 is 0 Å². The van der Waals surface area contributed by atoms with Crippen LogP contribution >= 0.6 is 15.9 Å².